The van der Waals surface area contributed by atoms with E-state index in [2.05, 4.69) is 31.4 Å². The number of carbonyl (C=O) groups excluding carboxylic acids is 2. The molecule has 4 nitrogen and oxygen atoms in total. The van der Waals surface area contributed by atoms with Gasteiger partial charge in [-0.05, 0) is 52.9 Å². The van der Waals surface area contributed by atoms with Crippen LogP contribution in [0.5, 0.6) is 0 Å². The van der Waals surface area contributed by atoms with E-state index in [1.54, 1.807) is 12.1 Å². The first-order valence-electron chi connectivity index (χ1n) is 10.2. The van der Waals surface area contributed by atoms with Crippen LogP contribution in [-0.2, 0) is 16.6 Å². The minimum absolute atomic E-state index is 0.0140. The van der Waals surface area contributed by atoms with Crippen molar-refractivity contribution >= 4 is 17.5 Å². The lowest BCUT2D eigenvalue weighted by Gasteiger charge is -2.20. The fraction of sp³-hybridized carbons (Fsp3) is 0.231. The first-order chi connectivity index (χ1) is 14.7. The molecule has 0 fully saturated rings. The van der Waals surface area contributed by atoms with Gasteiger partial charge in [0.2, 0.25) is 5.91 Å². The zero-order valence-electron chi connectivity index (χ0n) is 18.0. The summed E-state index contributed by atoms with van der Waals surface area (Å²) in [5.74, 6) is -1.07. The van der Waals surface area contributed by atoms with Crippen molar-refractivity contribution in [3.8, 4) is 0 Å². The van der Waals surface area contributed by atoms with Gasteiger partial charge in [-0.1, -0.05) is 63.2 Å². The van der Waals surface area contributed by atoms with Gasteiger partial charge < -0.3 is 10.6 Å². The van der Waals surface area contributed by atoms with Gasteiger partial charge in [-0.25, -0.2) is 4.39 Å². The van der Waals surface area contributed by atoms with E-state index in [4.69, 9.17) is 0 Å². The average Bonchev–Trinajstić information content (AvgIpc) is 2.75. The molecule has 0 aliphatic rings. The Hall–Kier alpha value is -3.47. The molecule has 0 saturated carbocycles. The summed E-state index contributed by atoms with van der Waals surface area (Å²) in [6.45, 7) is 6.33. The standard InChI is InChI=1S/C26H27FN2O2/c1-26(2,3)20-11-9-19(10-12-20)24(30)29-23(17-18-7-5-4-6-8-18)25(31)28-22-15-13-21(27)14-16-22/h4-16,23H,17H2,1-3H3,(H,28,31)(H,29,30). The molecule has 0 aromatic heterocycles. The maximum atomic E-state index is 13.2. The number of halogens is 1. The molecule has 1 unspecified atom stereocenters. The van der Waals surface area contributed by atoms with Gasteiger partial charge in [0, 0.05) is 17.7 Å². The van der Waals surface area contributed by atoms with E-state index >= 15 is 0 Å². The summed E-state index contributed by atoms with van der Waals surface area (Å²) in [6, 6.07) is 21.6. The van der Waals surface area contributed by atoms with Gasteiger partial charge in [0.1, 0.15) is 11.9 Å². The highest BCUT2D eigenvalue weighted by Gasteiger charge is 2.23. The van der Waals surface area contributed by atoms with Crippen LogP contribution in [0.2, 0.25) is 0 Å². The van der Waals surface area contributed by atoms with E-state index in [0.29, 0.717) is 17.7 Å². The molecule has 0 bridgehead atoms. The second-order valence-corrected chi connectivity index (χ2v) is 8.54. The molecule has 0 saturated heterocycles. The van der Waals surface area contributed by atoms with Crippen LogP contribution >= 0.6 is 0 Å². The molecular weight excluding hydrogens is 391 g/mol. The Morgan fingerprint density at radius 3 is 2.06 bits per heavy atom. The Morgan fingerprint density at radius 2 is 1.48 bits per heavy atom. The highest BCUT2D eigenvalue weighted by atomic mass is 19.1. The molecule has 3 aromatic rings. The van der Waals surface area contributed by atoms with Crippen LogP contribution in [0.4, 0.5) is 10.1 Å². The highest BCUT2D eigenvalue weighted by molar-refractivity contribution is 6.01. The largest absolute Gasteiger partial charge is 0.340 e. The fourth-order valence-corrected chi connectivity index (χ4v) is 3.18. The Kier molecular flexibility index (Phi) is 6.85. The lowest BCUT2D eigenvalue weighted by atomic mass is 9.86. The average molecular weight is 419 g/mol. The van der Waals surface area contributed by atoms with Crippen LogP contribution < -0.4 is 10.6 Å². The van der Waals surface area contributed by atoms with Crippen molar-refractivity contribution in [1.82, 2.24) is 5.32 Å². The third-order valence-electron chi connectivity index (χ3n) is 5.03. The molecule has 2 N–H and O–H groups in total. The van der Waals surface area contributed by atoms with E-state index in [1.165, 1.54) is 24.3 Å². The lowest BCUT2D eigenvalue weighted by molar-refractivity contribution is -0.118. The smallest absolute Gasteiger partial charge is 0.251 e. The summed E-state index contributed by atoms with van der Waals surface area (Å²) in [7, 11) is 0. The molecule has 3 aromatic carbocycles. The monoisotopic (exact) mass is 418 g/mol. The van der Waals surface area contributed by atoms with Crippen LogP contribution in [-0.4, -0.2) is 17.9 Å². The third-order valence-corrected chi connectivity index (χ3v) is 5.03. The van der Waals surface area contributed by atoms with Crippen molar-refractivity contribution in [2.75, 3.05) is 5.32 Å². The van der Waals surface area contributed by atoms with Gasteiger partial charge in [0.25, 0.3) is 5.91 Å². The second kappa shape index (κ2) is 9.56. The van der Waals surface area contributed by atoms with Crippen molar-refractivity contribution in [2.24, 2.45) is 0 Å². The van der Waals surface area contributed by atoms with Gasteiger partial charge >= 0.3 is 0 Å². The van der Waals surface area contributed by atoms with Crippen molar-refractivity contribution in [1.29, 1.82) is 0 Å². The summed E-state index contributed by atoms with van der Waals surface area (Å²) in [6.07, 6.45) is 0.333. The summed E-state index contributed by atoms with van der Waals surface area (Å²) in [5, 5.41) is 5.60. The van der Waals surface area contributed by atoms with Crippen LogP contribution in [0.3, 0.4) is 0 Å². The summed E-state index contributed by atoms with van der Waals surface area (Å²) >= 11 is 0. The molecule has 160 valence electrons. The number of carbonyl (C=O) groups is 2. The topological polar surface area (TPSA) is 58.2 Å². The lowest BCUT2D eigenvalue weighted by Crippen LogP contribution is -2.45. The van der Waals surface area contributed by atoms with Crippen molar-refractivity contribution in [3.63, 3.8) is 0 Å². The predicted octanol–water partition coefficient (Wildman–Crippen LogP) is 5.10. The number of rotatable bonds is 6. The zero-order chi connectivity index (χ0) is 22.4. The van der Waals surface area contributed by atoms with Gasteiger partial charge in [0.15, 0.2) is 0 Å². The molecule has 0 aliphatic carbocycles. The second-order valence-electron chi connectivity index (χ2n) is 8.54. The first kappa shape index (κ1) is 22.2. The van der Waals surface area contributed by atoms with Crippen LogP contribution in [0, 0.1) is 5.82 Å². The maximum Gasteiger partial charge on any atom is 0.251 e. The Morgan fingerprint density at radius 1 is 0.871 bits per heavy atom. The van der Waals surface area contributed by atoms with Crippen LogP contribution in [0.1, 0.15) is 42.3 Å². The van der Waals surface area contributed by atoms with Crippen molar-refractivity contribution in [3.05, 3.63) is 101 Å². The predicted molar refractivity (Wildman–Crippen MR) is 122 cm³/mol. The number of amides is 2. The molecular formula is C26H27FN2O2. The van der Waals surface area contributed by atoms with Gasteiger partial charge in [-0.2, -0.15) is 0 Å². The number of hydrogen-bond donors (Lipinski definition) is 2. The van der Waals surface area contributed by atoms with E-state index in [1.807, 2.05) is 42.5 Å². The van der Waals surface area contributed by atoms with Gasteiger partial charge in [-0.15, -0.1) is 0 Å². The molecule has 0 heterocycles. The normalized spacial score (nSPS) is 12.1. The Bertz CT molecular complexity index is 1020. The number of anilines is 1. The molecule has 3 rings (SSSR count). The highest BCUT2D eigenvalue weighted by Crippen LogP contribution is 2.22. The molecule has 0 aliphatic heterocycles. The van der Waals surface area contributed by atoms with E-state index in [-0.39, 0.29) is 23.0 Å². The maximum absolute atomic E-state index is 13.2. The molecule has 5 heteroatoms. The first-order valence-corrected chi connectivity index (χ1v) is 10.2. The summed E-state index contributed by atoms with van der Waals surface area (Å²) in [5.41, 5.74) is 2.98. The number of nitrogens with one attached hydrogen (secondary N) is 2. The van der Waals surface area contributed by atoms with Gasteiger partial charge in [-0.3, -0.25) is 9.59 Å². The number of hydrogen-bond acceptors (Lipinski definition) is 2. The molecule has 0 spiro atoms. The zero-order valence-corrected chi connectivity index (χ0v) is 18.0. The van der Waals surface area contributed by atoms with Crippen LogP contribution in [0.15, 0.2) is 78.9 Å². The third kappa shape index (κ3) is 6.25. The van der Waals surface area contributed by atoms with E-state index in [9.17, 15) is 14.0 Å². The fourth-order valence-electron chi connectivity index (χ4n) is 3.18. The summed E-state index contributed by atoms with van der Waals surface area (Å²) in [4.78, 5) is 25.8. The summed E-state index contributed by atoms with van der Waals surface area (Å²) < 4.78 is 13.2. The molecule has 31 heavy (non-hydrogen) atoms. The van der Waals surface area contributed by atoms with Crippen LogP contribution in [0.25, 0.3) is 0 Å². The number of benzene rings is 3. The minimum Gasteiger partial charge on any atom is -0.340 e. The molecule has 1 atom stereocenters. The Labute approximate surface area is 182 Å². The van der Waals surface area contributed by atoms with Crippen molar-refractivity contribution < 1.29 is 14.0 Å². The van der Waals surface area contributed by atoms with E-state index < -0.39 is 6.04 Å². The Balaban J connectivity index is 1.77. The van der Waals surface area contributed by atoms with Crippen molar-refractivity contribution in [2.45, 2.75) is 38.6 Å². The SMILES string of the molecule is CC(C)(C)c1ccc(C(=O)NC(Cc2ccccc2)C(=O)Nc2ccc(F)cc2)cc1. The molecule has 2 amide bonds. The van der Waals surface area contributed by atoms with E-state index in [0.717, 1.165) is 11.1 Å². The quantitative estimate of drug-likeness (QED) is 0.585. The molecule has 0 radical (unpaired) electrons. The minimum atomic E-state index is -0.790. The van der Waals surface area contributed by atoms with Gasteiger partial charge in [0.05, 0.1) is 0 Å².